The maximum Gasteiger partial charge on any atom is 0.303 e. The van der Waals surface area contributed by atoms with Crippen LogP contribution in [0.15, 0.2) is 48.8 Å². The zero-order valence-electron chi connectivity index (χ0n) is 22.7. The molecule has 4 nitrogen and oxygen atoms in total. The Labute approximate surface area is 228 Å². The number of carboxylic acid groups (broad SMARTS) is 1. The lowest BCUT2D eigenvalue weighted by Crippen LogP contribution is -3.00. The van der Waals surface area contributed by atoms with Gasteiger partial charge in [0.1, 0.15) is 23.2 Å². The first-order valence-electron chi connectivity index (χ1n) is 12.9. The molecule has 196 valence electrons. The molecule has 0 aliphatic heterocycles. The number of benzene rings is 2. The molecule has 36 heavy (non-hydrogen) atoms. The van der Waals surface area contributed by atoms with Gasteiger partial charge in [-0.2, -0.15) is 5.10 Å². The van der Waals surface area contributed by atoms with E-state index in [9.17, 15) is 4.79 Å². The van der Waals surface area contributed by atoms with Crippen LogP contribution < -0.4 is 32.9 Å². The molecule has 0 spiro atoms. The molecule has 0 amide bonds. The lowest BCUT2D eigenvalue weighted by molar-refractivity contribution is -0.137. The summed E-state index contributed by atoms with van der Waals surface area (Å²) in [5.74, 6) is -0.693. The van der Waals surface area contributed by atoms with Gasteiger partial charge < -0.3 is 22.1 Å². The topological polar surface area (TPSA) is 55.1 Å². The van der Waals surface area contributed by atoms with Crippen molar-refractivity contribution in [1.29, 1.82) is 0 Å². The summed E-state index contributed by atoms with van der Waals surface area (Å²) in [4.78, 5) is 10.8. The second kappa shape index (κ2) is 13.5. The van der Waals surface area contributed by atoms with Crippen LogP contribution in [-0.4, -0.2) is 27.0 Å². The van der Waals surface area contributed by atoms with Gasteiger partial charge in [-0.1, -0.05) is 25.0 Å². The Morgan fingerprint density at radius 3 is 1.72 bits per heavy atom. The van der Waals surface area contributed by atoms with Gasteiger partial charge in [0.25, 0.3) is 0 Å². The highest BCUT2D eigenvalue weighted by Crippen LogP contribution is 2.56. The molecule has 0 bridgehead atoms. The van der Waals surface area contributed by atoms with E-state index in [1.807, 2.05) is 0 Å². The Morgan fingerprint density at radius 2 is 1.28 bits per heavy atom. The van der Waals surface area contributed by atoms with Gasteiger partial charge in [0.2, 0.25) is 0 Å². The van der Waals surface area contributed by atoms with Crippen molar-refractivity contribution < 1.29 is 26.9 Å². The molecule has 0 fully saturated rings. The van der Waals surface area contributed by atoms with Gasteiger partial charge >= 0.3 is 5.97 Å². The minimum atomic E-state index is -1.93. The molecule has 0 aliphatic rings. The minimum Gasteiger partial charge on any atom is -1.00 e. The molecule has 0 aliphatic carbocycles. The van der Waals surface area contributed by atoms with E-state index in [0.29, 0.717) is 6.04 Å². The summed E-state index contributed by atoms with van der Waals surface area (Å²) in [6, 6.07) is 14.4. The molecule has 2 aromatic carbocycles. The van der Waals surface area contributed by atoms with Crippen molar-refractivity contribution in [3.8, 4) is 0 Å². The van der Waals surface area contributed by atoms with Gasteiger partial charge in [0, 0.05) is 12.5 Å². The van der Waals surface area contributed by atoms with Gasteiger partial charge in [-0.15, -0.1) is 0 Å². The van der Waals surface area contributed by atoms with Crippen LogP contribution in [0.4, 0.5) is 0 Å². The van der Waals surface area contributed by atoms with Crippen LogP contribution >= 0.6 is 7.26 Å². The summed E-state index contributed by atoms with van der Waals surface area (Å²) in [6.45, 7) is 13.2. The third kappa shape index (κ3) is 7.52. The number of aliphatic carboxylic acids is 1. The highest BCUT2D eigenvalue weighted by Gasteiger charge is 2.46. The predicted molar refractivity (Wildman–Crippen MR) is 150 cm³/mol. The Balaban J connectivity index is 0.00000456. The number of hydrogen-bond donors (Lipinski definition) is 1. The van der Waals surface area contributed by atoms with Crippen molar-refractivity contribution in [2.75, 3.05) is 6.16 Å². The standard InChI is InChI=1S/C30H41N2O2P.BrH/c1-22(2)32-21-29(20-31-32)35(27-16-23(3)14-24(4)17-27,28-18-25(5)15-26(6)19-28)13-11-9-7-8-10-12-30(33)34;/h14-22H,7-13H2,1-6H3;1H. The van der Waals surface area contributed by atoms with Crippen molar-refractivity contribution >= 4 is 29.1 Å². The van der Waals surface area contributed by atoms with Crippen LogP contribution in [0.3, 0.4) is 0 Å². The van der Waals surface area contributed by atoms with Crippen molar-refractivity contribution in [1.82, 2.24) is 9.78 Å². The molecule has 3 rings (SSSR count). The average molecular weight is 574 g/mol. The van der Waals surface area contributed by atoms with Gasteiger partial charge in [0.05, 0.1) is 18.6 Å². The monoisotopic (exact) mass is 572 g/mol. The molecule has 0 saturated carbocycles. The van der Waals surface area contributed by atoms with E-state index >= 15 is 0 Å². The average Bonchev–Trinajstić information content (AvgIpc) is 3.25. The first-order chi connectivity index (χ1) is 16.6. The second-order valence-electron chi connectivity index (χ2n) is 10.4. The number of hydrogen-bond acceptors (Lipinski definition) is 2. The Bertz CT molecular complexity index is 1060. The fraction of sp³-hybridized carbons (Fsp3) is 0.467. The zero-order valence-corrected chi connectivity index (χ0v) is 25.2. The molecule has 0 unspecified atom stereocenters. The van der Waals surface area contributed by atoms with E-state index in [2.05, 4.69) is 95.0 Å². The molecule has 1 aromatic heterocycles. The number of unbranched alkanes of at least 4 members (excludes halogenated alkanes) is 4. The minimum absolute atomic E-state index is 0. The summed E-state index contributed by atoms with van der Waals surface area (Å²) in [5, 5.41) is 18.0. The Hall–Kier alpha value is -1.97. The number of aryl methyl sites for hydroxylation is 4. The summed E-state index contributed by atoms with van der Waals surface area (Å²) in [5.41, 5.74) is 5.22. The fourth-order valence-electron chi connectivity index (χ4n) is 5.14. The number of rotatable bonds is 12. The molecular formula is C30H42BrN2O2P. The number of carbonyl (C=O) groups is 1. The van der Waals surface area contributed by atoms with E-state index in [1.165, 1.54) is 38.2 Å². The summed E-state index contributed by atoms with van der Waals surface area (Å²) in [7, 11) is -1.93. The normalized spacial score (nSPS) is 11.5. The number of nitrogens with zero attached hydrogens (tertiary/aromatic N) is 2. The number of aromatic nitrogens is 2. The fourth-order valence-corrected chi connectivity index (χ4v) is 9.77. The molecule has 0 saturated heterocycles. The summed E-state index contributed by atoms with van der Waals surface area (Å²) >= 11 is 0. The second-order valence-corrected chi connectivity index (χ2v) is 14.0. The maximum absolute atomic E-state index is 10.8. The quantitative estimate of drug-likeness (QED) is 0.267. The van der Waals surface area contributed by atoms with Gasteiger partial charge in [0.15, 0.2) is 0 Å². The molecule has 1 heterocycles. The first kappa shape index (κ1) is 30.3. The highest BCUT2D eigenvalue weighted by molar-refractivity contribution is 7.95. The third-order valence-corrected chi connectivity index (χ3v) is 11.1. The molecule has 3 aromatic rings. The smallest absolute Gasteiger partial charge is 0.303 e. The lowest BCUT2D eigenvalue weighted by Gasteiger charge is -2.28. The van der Waals surface area contributed by atoms with Crippen LogP contribution in [0.1, 0.15) is 80.7 Å². The molecule has 6 heteroatoms. The van der Waals surface area contributed by atoms with Crippen LogP contribution in [0.5, 0.6) is 0 Å². The van der Waals surface area contributed by atoms with Crippen LogP contribution in [0, 0.1) is 27.7 Å². The van der Waals surface area contributed by atoms with Gasteiger partial charge in [-0.05, 0) is 107 Å². The number of carboxylic acids is 1. The molecular weight excluding hydrogens is 531 g/mol. The largest absolute Gasteiger partial charge is 1.00 e. The first-order valence-corrected chi connectivity index (χ1v) is 14.9. The van der Waals surface area contributed by atoms with Crippen molar-refractivity contribution in [2.45, 2.75) is 86.1 Å². The number of halogens is 1. The van der Waals surface area contributed by atoms with Crippen molar-refractivity contribution in [3.05, 3.63) is 71.0 Å². The van der Waals surface area contributed by atoms with E-state index in [4.69, 9.17) is 10.2 Å². The van der Waals surface area contributed by atoms with Crippen molar-refractivity contribution in [2.24, 2.45) is 0 Å². The van der Waals surface area contributed by atoms with E-state index < -0.39 is 13.2 Å². The zero-order chi connectivity index (χ0) is 25.6. The highest BCUT2D eigenvalue weighted by atomic mass is 79.9. The summed E-state index contributed by atoms with van der Waals surface area (Å²) < 4.78 is 2.10. The van der Waals surface area contributed by atoms with Crippen LogP contribution in [0.25, 0.3) is 0 Å². The molecule has 1 N–H and O–H groups in total. The maximum atomic E-state index is 10.8. The van der Waals surface area contributed by atoms with E-state index in [0.717, 1.165) is 38.3 Å². The molecule has 0 radical (unpaired) electrons. The Morgan fingerprint density at radius 1 is 0.806 bits per heavy atom. The summed E-state index contributed by atoms with van der Waals surface area (Å²) in [6.07, 6.45) is 10.9. The van der Waals surface area contributed by atoms with Crippen molar-refractivity contribution in [3.63, 3.8) is 0 Å². The van der Waals surface area contributed by atoms with Gasteiger partial charge in [-0.25, -0.2) is 0 Å². The SMILES string of the molecule is Cc1cc(C)cc([P+](CCCCCCCC(=O)O)(c2cc(C)cc(C)c2)c2cnn(C(C)C)c2)c1.[Br-]. The lowest BCUT2D eigenvalue weighted by atomic mass is 10.1. The van der Waals surface area contributed by atoms with Crippen LogP contribution in [0.2, 0.25) is 0 Å². The third-order valence-electron chi connectivity index (χ3n) is 6.74. The Kier molecular flexibility index (Phi) is 11.4. The van der Waals surface area contributed by atoms with Crippen LogP contribution in [-0.2, 0) is 4.79 Å². The predicted octanol–water partition coefficient (Wildman–Crippen LogP) is 3.42. The molecule has 0 atom stereocenters. The van der Waals surface area contributed by atoms with E-state index in [-0.39, 0.29) is 23.4 Å². The van der Waals surface area contributed by atoms with Gasteiger partial charge in [-0.3, -0.25) is 9.48 Å². The van der Waals surface area contributed by atoms with E-state index in [1.54, 1.807) is 0 Å².